The lowest BCUT2D eigenvalue weighted by atomic mass is 9.96. The molecule has 8 nitrogen and oxygen atoms in total. The second-order valence-electron chi connectivity index (χ2n) is 10.1. The number of nitrogens with zero attached hydrogens (tertiary/aromatic N) is 2. The number of carbonyl (C=O) groups excluding carboxylic acids is 1. The predicted octanol–water partition coefficient (Wildman–Crippen LogP) is 7.09. The number of hydrogen-bond acceptors (Lipinski definition) is 8. The van der Waals surface area contributed by atoms with Gasteiger partial charge in [0.05, 0.1) is 55.3 Å². The summed E-state index contributed by atoms with van der Waals surface area (Å²) >= 11 is 15.7. The van der Waals surface area contributed by atoms with Crippen molar-refractivity contribution in [2.75, 3.05) is 19.8 Å². The molecule has 0 N–H and O–H groups in total. The van der Waals surface area contributed by atoms with Crippen LogP contribution >= 0.6 is 57.1 Å². The van der Waals surface area contributed by atoms with Crippen LogP contribution in [0, 0.1) is 3.57 Å². The Morgan fingerprint density at radius 1 is 0.978 bits per heavy atom. The third-order valence-electron chi connectivity index (χ3n) is 7.02. The maximum absolute atomic E-state index is 14.1. The van der Waals surface area contributed by atoms with Crippen molar-refractivity contribution >= 4 is 69.2 Å². The molecule has 0 spiro atoms. The maximum Gasteiger partial charge on any atom is 0.338 e. The van der Waals surface area contributed by atoms with Crippen molar-refractivity contribution in [2.45, 2.75) is 40.3 Å². The number of allylic oxidation sites excluding steroid dienone is 1. The Hall–Kier alpha value is -3.32. The zero-order valence-electron chi connectivity index (χ0n) is 25.6. The summed E-state index contributed by atoms with van der Waals surface area (Å²) in [4.78, 5) is 32.4. The number of aromatic nitrogens is 1. The molecule has 0 saturated heterocycles. The highest BCUT2D eigenvalue weighted by Crippen LogP contribution is 2.36. The van der Waals surface area contributed by atoms with Crippen molar-refractivity contribution in [2.24, 2.45) is 4.99 Å². The van der Waals surface area contributed by atoms with Gasteiger partial charge in [-0.15, -0.1) is 0 Å². The zero-order chi connectivity index (χ0) is 33.0. The van der Waals surface area contributed by atoms with Crippen molar-refractivity contribution in [3.63, 3.8) is 0 Å². The summed E-state index contributed by atoms with van der Waals surface area (Å²) in [7, 11) is 0. The molecular weight excluding hydrogens is 762 g/mol. The third kappa shape index (κ3) is 7.30. The molecule has 12 heteroatoms. The number of halogens is 3. The van der Waals surface area contributed by atoms with E-state index >= 15 is 0 Å². The Bertz CT molecular complexity index is 1990. The summed E-state index contributed by atoms with van der Waals surface area (Å²) in [5.74, 6) is 1.31. The van der Waals surface area contributed by atoms with Crippen LogP contribution in [-0.4, -0.2) is 30.4 Å². The van der Waals surface area contributed by atoms with Gasteiger partial charge in [0.15, 0.2) is 16.3 Å². The summed E-state index contributed by atoms with van der Waals surface area (Å²) < 4.78 is 26.0. The lowest BCUT2D eigenvalue weighted by Gasteiger charge is -2.24. The van der Waals surface area contributed by atoms with Gasteiger partial charge in [0.25, 0.3) is 5.56 Å². The number of esters is 1. The molecule has 46 heavy (non-hydrogen) atoms. The Labute approximate surface area is 294 Å². The van der Waals surface area contributed by atoms with Gasteiger partial charge in [0, 0.05) is 0 Å². The molecule has 5 rings (SSSR count). The standard InChI is InChI=1S/C34H31Cl2IN2O6S/c1-5-42-23-11-9-22(10-12-23)30-29(33(41)44-7-3)19(4)38-34-39(30)32(40)28(46-34)17-21-15-26(37)31(27(16-21)43-6-2)45-18-20-8-13-24(35)25(36)14-20/h8-17,30H,5-7,18H2,1-4H3/b28-17+/t30-/m0/s1. The smallest absolute Gasteiger partial charge is 0.338 e. The molecule has 1 aromatic heterocycles. The van der Waals surface area contributed by atoms with Crippen LogP contribution in [0.2, 0.25) is 10.0 Å². The first-order valence-electron chi connectivity index (χ1n) is 14.6. The lowest BCUT2D eigenvalue weighted by Crippen LogP contribution is -2.39. The monoisotopic (exact) mass is 792 g/mol. The summed E-state index contributed by atoms with van der Waals surface area (Å²) in [6.07, 6.45) is 1.80. The van der Waals surface area contributed by atoms with Crippen molar-refractivity contribution in [3.8, 4) is 17.2 Å². The zero-order valence-corrected chi connectivity index (χ0v) is 30.1. The highest BCUT2D eigenvalue weighted by atomic mass is 127. The van der Waals surface area contributed by atoms with E-state index in [1.807, 2.05) is 56.3 Å². The number of benzene rings is 3. The normalized spacial score (nSPS) is 14.5. The largest absolute Gasteiger partial charge is 0.494 e. The van der Waals surface area contributed by atoms with Crippen LogP contribution in [0.3, 0.4) is 0 Å². The predicted molar refractivity (Wildman–Crippen MR) is 189 cm³/mol. The van der Waals surface area contributed by atoms with Crippen molar-refractivity contribution < 1.29 is 23.7 Å². The van der Waals surface area contributed by atoms with E-state index in [-0.39, 0.29) is 18.8 Å². The second-order valence-corrected chi connectivity index (χ2v) is 13.1. The molecule has 0 unspecified atom stereocenters. The third-order valence-corrected chi connectivity index (χ3v) is 9.54. The number of carbonyl (C=O) groups is 1. The molecule has 4 aromatic rings. The highest BCUT2D eigenvalue weighted by Gasteiger charge is 2.33. The summed E-state index contributed by atoms with van der Waals surface area (Å²) in [5, 5.41) is 0.927. The molecule has 0 fully saturated rings. The molecule has 0 amide bonds. The number of ether oxygens (including phenoxy) is 4. The van der Waals surface area contributed by atoms with Gasteiger partial charge in [0.2, 0.25) is 0 Å². The first-order chi connectivity index (χ1) is 22.1. The fourth-order valence-electron chi connectivity index (χ4n) is 5.03. The second kappa shape index (κ2) is 15.1. The fourth-order valence-corrected chi connectivity index (χ4v) is 7.18. The molecule has 1 atom stereocenters. The van der Waals surface area contributed by atoms with E-state index in [0.29, 0.717) is 61.1 Å². The van der Waals surface area contributed by atoms with Crippen LogP contribution < -0.4 is 29.1 Å². The van der Waals surface area contributed by atoms with Crippen molar-refractivity contribution in [1.29, 1.82) is 0 Å². The van der Waals surface area contributed by atoms with Crippen molar-refractivity contribution in [1.82, 2.24) is 4.57 Å². The van der Waals surface area contributed by atoms with E-state index < -0.39 is 12.0 Å². The average Bonchev–Trinajstić information content (AvgIpc) is 3.32. The Balaban J connectivity index is 1.57. The van der Waals surface area contributed by atoms with Gasteiger partial charge in [-0.25, -0.2) is 9.79 Å². The van der Waals surface area contributed by atoms with Gasteiger partial charge in [0.1, 0.15) is 12.4 Å². The van der Waals surface area contributed by atoms with Gasteiger partial charge in [-0.1, -0.05) is 52.7 Å². The van der Waals surface area contributed by atoms with Crippen LogP contribution in [0.4, 0.5) is 0 Å². The van der Waals surface area contributed by atoms with E-state index in [9.17, 15) is 9.59 Å². The van der Waals surface area contributed by atoms with E-state index in [0.717, 1.165) is 20.3 Å². The summed E-state index contributed by atoms with van der Waals surface area (Å²) in [5.41, 5.74) is 2.90. The Morgan fingerprint density at radius 3 is 2.39 bits per heavy atom. The number of thiazole rings is 1. The van der Waals surface area contributed by atoms with Crippen LogP contribution in [0.5, 0.6) is 17.2 Å². The number of rotatable bonds is 11. The Kier molecular flexibility index (Phi) is 11.1. The molecule has 1 aliphatic heterocycles. The van der Waals surface area contributed by atoms with Gasteiger partial charge in [-0.3, -0.25) is 9.36 Å². The Morgan fingerprint density at radius 2 is 1.72 bits per heavy atom. The van der Waals surface area contributed by atoms with Gasteiger partial charge >= 0.3 is 5.97 Å². The van der Waals surface area contributed by atoms with Crippen LogP contribution in [-0.2, 0) is 16.1 Å². The average molecular weight is 794 g/mol. The van der Waals surface area contributed by atoms with E-state index in [1.165, 1.54) is 11.3 Å². The van der Waals surface area contributed by atoms with Gasteiger partial charge in [-0.2, -0.15) is 0 Å². The molecular formula is C34H31Cl2IN2O6S. The highest BCUT2D eigenvalue weighted by molar-refractivity contribution is 14.1. The molecule has 1 aliphatic rings. The van der Waals surface area contributed by atoms with E-state index in [1.54, 1.807) is 36.6 Å². The van der Waals surface area contributed by atoms with Crippen LogP contribution in [0.1, 0.15) is 50.4 Å². The molecule has 2 heterocycles. The number of hydrogen-bond donors (Lipinski definition) is 0. The molecule has 0 saturated carbocycles. The quantitative estimate of drug-likeness (QED) is 0.119. The summed E-state index contributed by atoms with van der Waals surface area (Å²) in [6.45, 7) is 8.72. The minimum atomic E-state index is -0.718. The summed E-state index contributed by atoms with van der Waals surface area (Å²) in [6, 6.07) is 15.8. The maximum atomic E-state index is 14.1. The number of fused-ring (bicyclic) bond motifs is 1. The van der Waals surface area contributed by atoms with Crippen LogP contribution in [0.15, 0.2) is 75.7 Å². The van der Waals surface area contributed by atoms with Crippen LogP contribution in [0.25, 0.3) is 6.08 Å². The van der Waals surface area contributed by atoms with Gasteiger partial charge < -0.3 is 18.9 Å². The molecule has 0 radical (unpaired) electrons. The van der Waals surface area contributed by atoms with E-state index in [4.69, 9.17) is 42.1 Å². The van der Waals surface area contributed by atoms with E-state index in [2.05, 4.69) is 27.6 Å². The molecule has 0 bridgehead atoms. The minimum Gasteiger partial charge on any atom is -0.494 e. The lowest BCUT2D eigenvalue weighted by molar-refractivity contribution is -0.139. The van der Waals surface area contributed by atoms with Gasteiger partial charge in [-0.05, 0) is 109 Å². The molecule has 0 aliphatic carbocycles. The minimum absolute atomic E-state index is 0.198. The molecule has 240 valence electrons. The fraction of sp³-hybridized carbons (Fsp3) is 0.265. The first kappa shape index (κ1) is 34.0. The molecule has 3 aromatic carbocycles. The topological polar surface area (TPSA) is 88.4 Å². The SMILES string of the molecule is CCOC(=O)C1=C(C)N=c2s/c(=C/c3cc(I)c(OCc4ccc(Cl)c(Cl)c4)c(OCC)c3)c(=O)n2[C@H]1c1ccc(OCC)cc1. The van der Waals surface area contributed by atoms with Crippen molar-refractivity contribution in [3.05, 3.63) is 116 Å². The first-order valence-corrected chi connectivity index (χ1v) is 17.3.